The Kier molecular flexibility index (Phi) is 5.88. The van der Waals surface area contributed by atoms with Crippen molar-refractivity contribution in [1.29, 1.82) is 0 Å². The Balaban J connectivity index is 1.83. The van der Waals surface area contributed by atoms with Crippen LogP contribution >= 0.6 is 22.6 Å². The molecular formula is C16H15FIN3O. The highest BCUT2D eigenvalue weighted by atomic mass is 127. The summed E-state index contributed by atoms with van der Waals surface area (Å²) in [7, 11) is 0. The summed E-state index contributed by atoms with van der Waals surface area (Å²) in [6.45, 7) is 2.10. The van der Waals surface area contributed by atoms with Crippen LogP contribution in [0.15, 0.2) is 47.6 Å². The van der Waals surface area contributed by atoms with Crippen LogP contribution < -0.4 is 10.7 Å². The van der Waals surface area contributed by atoms with E-state index < -0.39 is 0 Å². The summed E-state index contributed by atoms with van der Waals surface area (Å²) in [4.78, 5) is 11.7. The molecule has 0 heterocycles. The molecule has 0 spiro atoms. The fourth-order valence-electron chi connectivity index (χ4n) is 1.73. The second kappa shape index (κ2) is 7.88. The highest BCUT2D eigenvalue weighted by Gasteiger charge is 2.01. The van der Waals surface area contributed by atoms with Crippen LogP contribution in [0.3, 0.4) is 0 Å². The lowest BCUT2D eigenvalue weighted by Gasteiger charge is -2.07. The van der Waals surface area contributed by atoms with E-state index in [1.54, 1.807) is 18.2 Å². The van der Waals surface area contributed by atoms with Crippen LogP contribution in [0, 0.1) is 16.3 Å². The van der Waals surface area contributed by atoms with Crippen molar-refractivity contribution in [3.05, 3.63) is 63.0 Å². The van der Waals surface area contributed by atoms with Crippen LogP contribution in [0.2, 0.25) is 0 Å². The van der Waals surface area contributed by atoms with Gasteiger partial charge in [0.2, 0.25) is 0 Å². The Labute approximate surface area is 142 Å². The molecule has 0 aromatic heterocycles. The van der Waals surface area contributed by atoms with Crippen LogP contribution in [-0.4, -0.2) is 18.7 Å². The van der Waals surface area contributed by atoms with Crippen LogP contribution in [0.5, 0.6) is 0 Å². The lowest BCUT2D eigenvalue weighted by atomic mass is 10.2. The van der Waals surface area contributed by atoms with Gasteiger partial charge in [0, 0.05) is 14.8 Å². The molecular weight excluding hydrogens is 396 g/mol. The van der Waals surface area contributed by atoms with E-state index in [1.807, 2.05) is 25.1 Å². The van der Waals surface area contributed by atoms with Gasteiger partial charge in [0.1, 0.15) is 5.82 Å². The number of aryl methyl sites for hydroxylation is 1. The van der Waals surface area contributed by atoms with E-state index in [9.17, 15) is 9.18 Å². The lowest BCUT2D eigenvalue weighted by Crippen LogP contribution is -2.25. The molecule has 0 aliphatic carbocycles. The summed E-state index contributed by atoms with van der Waals surface area (Å²) in [6.07, 6.45) is 1.28. The molecule has 0 radical (unpaired) electrons. The minimum absolute atomic E-state index is 0.0919. The van der Waals surface area contributed by atoms with E-state index in [0.29, 0.717) is 5.56 Å². The summed E-state index contributed by atoms with van der Waals surface area (Å²) in [6, 6.07) is 12.1. The first kappa shape index (κ1) is 16.4. The number of hydrogen-bond acceptors (Lipinski definition) is 3. The Hall–Kier alpha value is -1.96. The fourth-order valence-corrected chi connectivity index (χ4v) is 2.07. The van der Waals surface area contributed by atoms with Gasteiger partial charge in [0.15, 0.2) is 0 Å². The predicted octanol–water partition coefficient (Wildman–Crippen LogP) is 3.30. The molecule has 4 nitrogen and oxygen atoms in total. The molecule has 0 saturated carbocycles. The van der Waals surface area contributed by atoms with Crippen LogP contribution in [0.25, 0.3) is 0 Å². The number of nitrogens with zero attached hydrogens (tertiary/aromatic N) is 1. The van der Waals surface area contributed by atoms with Crippen molar-refractivity contribution in [1.82, 2.24) is 5.43 Å². The van der Waals surface area contributed by atoms with Crippen molar-refractivity contribution in [3.8, 4) is 0 Å². The molecule has 6 heteroatoms. The molecule has 0 atom stereocenters. The van der Waals surface area contributed by atoms with Gasteiger partial charge >= 0.3 is 0 Å². The number of hydrazone groups is 1. The van der Waals surface area contributed by atoms with E-state index in [4.69, 9.17) is 0 Å². The zero-order valence-electron chi connectivity index (χ0n) is 11.9. The maximum atomic E-state index is 13.3. The quantitative estimate of drug-likeness (QED) is 0.451. The molecule has 2 aromatic rings. The van der Waals surface area contributed by atoms with Gasteiger partial charge in [-0.05, 0) is 59.3 Å². The first-order valence-electron chi connectivity index (χ1n) is 6.63. The first-order valence-corrected chi connectivity index (χ1v) is 7.70. The smallest absolute Gasteiger partial charge is 0.259 e. The van der Waals surface area contributed by atoms with E-state index in [-0.39, 0.29) is 18.3 Å². The van der Waals surface area contributed by atoms with Crippen molar-refractivity contribution in [2.24, 2.45) is 5.10 Å². The number of benzene rings is 2. The normalized spacial score (nSPS) is 10.7. The summed E-state index contributed by atoms with van der Waals surface area (Å²) in [5.74, 6) is -0.684. The maximum Gasteiger partial charge on any atom is 0.259 e. The van der Waals surface area contributed by atoms with E-state index in [2.05, 4.69) is 38.4 Å². The molecule has 0 aliphatic heterocycles. The number of carbonyl (C=O) groups is 1. The third-order valence-corrected chi connectivity index (χ3v) is 4.12. The standard InChI is InChI=1S/C16H15FIN3O/c1-11-8-13(6-7-15(11)18)19-10-16(22)21-20-9-12-4-2-3-5-14(12)17/h2-9,19H,10H2,1H3,(H,21,22)/b20-9+. The van der Waals surface area contributed by atoms with Crippen LogP contribution in [0.1, 0.15) is 11.1 Å². The molecule has 114 valence electrons. The van der Waals surface area contributed by atoms with Gasteiger partial charge in [-0.2, -0.15) is 5.10 Å². The number of rotatable bonds is 5. The molecule has 0 bridgehead atoms. The summed E-state index contributed by atoms with van der Waals surface area (Å²) >= 11 is 2.25. The van der Waals surface area contributed by atoms with Gasteiger partial charge in [-0.3, -0.25) is 4.79 Å². The molecule has 1 amide bonds. The number of halogens is 2. The molecule has 0 unspecified atom stereocenters. The van der Waals surface area contributed by atoms with Gasteiger partial charge in [0.25, 0.3) is 5.91 Å². The van der Waals surface area contributed by atoms with Gasteiger partial charge in [0.05, 0.1) is 12.8 Å². The molecule has 22 heavy (non-hydrogen) atoms. The summed E-state index contributed by atoms with van der Waals surface area (Å²) in [5, 5.41) is 6.75. The molecule has 2 rings (SSSR count). The average molecular weight is 411 g/mol. The monoisotopic (exact) mass is 411 g/mol. The van der Waals surface area contributed by atoms with Gasteiger partial charge in [-0.25, -0.2) is 9.82 Å². The zero-order valence-corrected chi connectivity index (χ0v) is 14.1. The highest BCUT2D eigenvalue weighted by molar-refractivity contribution is 14.1. The predicted molar refractivity (Wildman–Crippen MR) is 94.5 cm³/mol. The van der Waals surface area contributed by atoms with Gasteiger partial charge in [-0.1, -0.05) is 18.2 Å². The zero-order chi connectivity index (χ0) is 15.9. The van der Waals surface area contributed by atoms with Gasteiger partial charge in [-0.15, -0.1) is 0 Å². The minimum Gasteiger partial charge on any atom is -0.376 e. The topological polar surface area (TPSA) is 53.5 Å². The van der Waals surface area contributed by atoms with Crippen molar-refractivity contribution in [2.45, 2.75) is 6.92 Å². The second-order valence-corrected chi connectivity index (χ2v) is 5.79. The third-order valence-electron chi connectivity index (χ3n) is 2.91. The Morgan fingerprint density at radius 3 is 2.82 bits per heavy atom. The largest absolute Gasteiger partial charge is 0.376 e. The lowest BCUT2D eigenvalue weighted by molar-refractivity contribution is -0.119. The second-order valence-electron chi connectivity index (χ2n) is 4.63. The maximum absolute atomic E-state index is 13.3. The van der Waals surface area contributed by atoms with E-state index in [0.717, 1.165) is 11.3 Å². The average Bonchev–Trinajstić information content (AvgIpc) is 2.50. The number of hydrogen-bond donors (Lipinski definition) is 2. The molecule has 2 N–H and O–H groups in total. The molecule has 0 saturated heterocycles. The number of anilines is 1. The van der Waals surface area contributed by atoms with Crippen molar-refractivity contribution < 1.29 is 9.18 Å². The molecule has 0 aliphatic rings. The molecule has 2 aromatic carbocycles. The minimum atomic E-state index is -0.381. The van der Waals surface area contributed by atoms with Crippen LogP contribution in [0.4, 0.5) is 10.1 Å². The highest BCUT2D eigenvalue weighted by Crippen LogP contribution is 2.16. The Morgan fingerprint density at radius 1 is 1.32 bits per heavy atom. The van der Waals surface area contributed by atoms with Crippen molar-refractivity contribution in [2.75, 3.05) is 11.9 Å². The molecule has 0 fully saturated rings. The van der Waals surface area contributed by atoms with Crippen molar-refractivity contribution >= 4 is 40.4 Å². The van der Waals surface area contributed by atoms with E-state index in [1.165, 1.54) is 15.9 Å². The van der Waals surface area contributed by atoms with Crippen LogP contribution in [-0.2, 0) is 4.79 Å². The number of carbonyl (C=O) groups excluding carboxylic acids is 1. The third kappa shape index (κ3) is 4.80. The van der Waals surface area contributed by atoms with Crippen molar-refractivity contribution in [3.63, 3.8) is 0 Å². The fraction of sp³-hybridized carbons (Fsp3) is 0.125. The summed E-state index contributed by atoms with van der Waals surface area (Å²) in [5.41, 5.74) is 4.69. The first-order chi connectivity index (χ1) is 10.6. The Bertz CT molecular complexity index is 704. The van der Waals surface area contributed by atoms with E-state index >= 15 is 0 Å². The number of nitrogens with one attached hydrogen (secondary N) is 2. The number of amides is 1. The SMILES string of the molecule is Cc1cc(NCC(=O)N/N=C/c2ccccc2F)ccc1I. The van der Waals surface area contributed by atoms with Gasteiger partial charge < -0.3 is 5.32 Å². The summed E-state index contributed by atoms with van der Waals surface area (Å²) < 4.78 is 14.5. The Morgan fingerprint density at radius 2 is 2.09 bits per heavy atom.